The third kappa shape index (κ3) is 4.12. The molecule has 1 heterocycles. The summed E-state index contributed by atoms with van der Waals surface area (Å²) in [5, 5.41) is 14.1. The van der Waals surface area contributed by atoms with Crippen molar-refractivity contribution in [3.63, 3.8) is 0 Å². The third-order valence-corrected chi connectivity index (χ3v) is 4.32. The molecule has 1 unspecified atom stereocenters. The molecule has 2 amide bonds. The minimum Gasteiger partial charge on any atom is -0.507 e. The summed E-state index contributed by atoms with van der Waals surface area (Å²) in [5.41, 5.74) is 5.30. The quantitative estimate of drug-likeness (QED) is 0.651. The summed E-state index contributed by atoms with van der Waals surface area (Å²) in [7, 11) is 0. The maximum Gasteiger partial charge on any atom is 0.342 e. The molecule has 0 aliphatic heterocycles. The van der Waals surface area contributed by atoms with Gasteiger partial charge in [-0.05, 0) is 36.6 Å². The van der Waals surface area contributed by atoms with E-state index in [1.54, 1.807) is 11.4 Å². The molecule has 2 aromatic rings. The van der Waals surface area contributed by atoms with E-state index in [-0.39, 0.29) is 21.9 Å². The number of hydrogen-bond donors (Lipinski definition) is 3. The van der Waals surface area contributed by atoms with Crippen LogP contribution in [-0.2, 0) is 9.53 Å². The van der Waals surface area contributed by atoms with Crippen molar-refractivity contribution in [2.24, 2.45) is 5.73 Å². The fourth-order valence-corrected chi connectivity index (χ4v) is 2.92. The number of hydrogen-bond acceptors (Lipinski definition) is 6. The maximum atomic E-state index is 12.1. The van der Waals surface area contributed by atoms with Crippen LogP contribution in [0.3, 0.4) is 0 Å². The number of aromatic hydroxyl groups is 1. The molecule has 0 aliphatic rings. The van der Waals surface area contributed by atoms with Crippen LogP contribution in [-0.4, -0.2) is 29.0 Å². The van der Waals surface area contributed by atoms with Gasteiger partial charge in [-0.3, -0.25) is 9.59 Å². The van der Waals surface area contributed by atoms with E-state index in [0.717, 1.165) is 11.3 Å². The molecule has 1 atom stereocenters. The Hall–Kier alpha value is -2.39. The summed E-state index contributed by atoms with van der Waals surface area (Å²) in [6, 6.07) is 5.76. The molecule has 126 valence electrons. The normalized spacial score (nSPS) is 11.6. The van der Waals surface area contributed by atoms with Crippen LogP contribution in [0.4, 0.5) is 5.00 Å². The summed E-state index contributed by atoms with van der Waals surface area (Å²) in [4.78, 5) is 35.4. The lowest BCUT2D eigenvalue weighted by Gasteiger charge is -2.14. The molecule has 4 N–H and O–H groups in total. The first-order chi connectivity index (χ1) is 11.3. The first-order valence-corrected chi connectivity index (χ1v) is 8.34. The Morgan fingerprint density at radius 2 is 2.00 bits per heavy atom. The van der Waals surface area contributed by atoms with Gasteiger partial charge in [-0.15, -0.1) is 11.3 Å². The zero-order valence-electron chi connectivity index (χ0n) is 12.4. The summed E-state index contributed by atoms with van der Waals surface area (Å²) in [6.45, 7) is 1.37. The molecule has 0 radical (unpaired) electrons. The fourth-order valence-electron chi connectivity index (χ4n) is 1.76. The Bertz CT molecular complexity index is 805. The molecular weight excluding hydrogens is 400 g/mol. The third-order valence-electron chi connectivity index (χ3n) is 3.00. The average Bonchev–Trinajstić information content (AvgIpc) is 2.97. The number of nitrogens with one attached hydrogen (secondary N) is 1. The second kappa shape index (κ2) is 7.45. The van der Waals surface area contributed by atoms with Gasteiger partial charge in [-0.2, -0.15) is 0 Å². The van der Waals surface area contributed by atoms with Gasteiger partial charge in [0.15, 0.2) is 6.10 Å². The number of benzene rings is 1. The van der Waals surface area contributed by atoms with Gasteiger partial charge in [0.2, 0.25) is 0 Å². The Balaban J connectivity index is 2.06. The Morgan fingerprint density at radius 3 is 2.67 bits per heavy atom. The zero-order valence-corrected chi connectivity index (χ0v) is 14.8. The molecule has 0 spiro atoms. The van der Waals surface area contributed by atoms with Crippen molar-refractivity contribution < 1.29 is 24.2 Å². The van der Waals surface area contributed by atoms with Crippen molar-refractivity contribution in [1.29, 1.82) is 0 Å². The Labute approximate surface area is 149 Å². The van der Waals surface area contributed by atoms with Crippen molar-refractivity contribution in [3.05, 3.63) is 45.2 Å². The van der Waals surface area contributed by atoms with Crippen molar-refractivity contribution in [2.75, 3.05) is 5.32 Å². The minimum atomic E-state index is -1.14. The molecule has 0 bridgehead atoms. The number of ether oxygens (including phenoxy) is 1. The van der Waals surface area contributed by atoms with E-state index < -0.39 is 23.9 Å². The summed E-state index contributed by atoms with van der Waals surface area (Å²) in [5.74, 6) is -2.40. The summed E-state index contributed by atoms with van der Waals surface area (Å²) in [6.07, 6.45) is -1.14. The molecule has 1 aromatic carbocycles. The van der Waals surface area contributed by atoms with Crippen molar-refractivity contribution in [2.45, 2.75) is 13.0 Å². The lowest BCUT2D eigenvalue weighted by molar-refractivity contribution is -0.123. The average molecular weight is 413 g/mol. The van der Waals surface area contributed by atoms with Gasteiger partial charge >= 0.3 is 5.97 Å². The maximum absolute atomic E-state index is 12.1. The molecule has 24 heavy (non-hydrogen) atoms. The number of esters is 1. The van der Waals surface area contributed by atoms with Gasteiger partial charge in [0.05, 0.1) is 5.56 Å². The number of phenols is 1. The van der Waals surface area contributed by atoms with Crippen LogP contribution in [0.25, 0.3) is 0 Å². The highest BCUT2D eigenvalue weighted by Gasteiger charge is 2.23. The first kappa shape index (κ1) is 18.0. The number of amides is 2. The topological polar surface area (TPSA) is 119 Å². The van der Waals surface area contributed by atoms with Crippen molar-refractivity contribution in [1.82, 2.24) is 0 Å². The fraction of sp³-hybridized carbons (Fsp3) is 0.133. The number of nitrogens with two attached hydrogens (primary N) is 1. The largest absolute Gasteiger partial charge is 0.507 e. The van der Waals surface area contributed by atoms with Crippen LogP contribution in [0.5, 0.6) is 5.75 Å². The van der Waals surface area contributed by atoms with Gasteiger partial charge in [0, 0.05) is 4.47 Å². The molecule has 0 saturated heterocycles. The van der Waals surface area contributed by atoms with Crippen LogP contribution in [0, 0.1) is 0 Å². The number of thiophene rings is 1. The molecule has 7 nitrogen and oxygen atoms in total. The van der Waals surface area contributed by atoms with Gasteiger partial charge in [0.25, 0.3) is 11.8 Å². The number of carbonyl (C=O) groups is 3. The standard InChI is InChI=1S/C15H13BrN2O5S/c1-7(13(21)18-14-9(12(17)20)4-5-24-14)23-15(22)10-6-8(16)2-3-11(10)19/h2-7,19H,1H3,(H2,17,20)(H,18,21). The number of halogens is 1. The SMILES string of the molecule is CC(OC(=O)c1cc(Br)ccc1O)C(=O)Nc1sccc1C(N)=O. The highest BCUT2D eigenvalue weighted by molar-refractivity contribution is 9.10. The number of anilines is 1. The second-order valence-corrected chi connectivity index (χ2v) is 6.56. The van der Waals surface area contributed by atoms with Gasteiger partial charge in [0.1, 0.15) is 16.3 Å². The van der Waals surface area contributed by atoms with E-state index in [0.29, 0.717) is 4.47 Å². The number of carbonyl (C=O) groups excluding carboxylic acids is 3. The van der Waals surface area contributed by atoms with Crippen molar-refractivity contribution >= 4 is 50.1 Å². The van der Waals surface area contributed by atoms with Gasteiger partial charge < -0.3 is 20.9 Å². The molecule has 0 aliphatic carbocycles. The van der Waals surface area contributed by atoms with Gasteiger partial charge in [-0.1, -0.05) is 15.9 Å². The molecule has 0 saturated carbocycles. The molecule has 2 rings (SSSR count). The summed E-state index contributed by atoms with van der Waals surface area (Å²) >= 11 is 4.30. The van der Waals surface area contributed by atoms with Crippen molar-refractivity contribution in [3.8, 4) is 5.75 Å². The number of primary amides is 1. The minimum absolute atomic E-state index is 0.0713. The molecule has 1 aromatic heterocycles. The highest BCUT2D eigenvalue weighted by Crippen LogP contribution is 2.24. The molecular formula is C15H13BrN2O5S. The number of rotatable bonds is 5. The highest BCUT2D eigenvalue weighted by atomic mass is 79.9. The van der Waals surface area contributed by atoms with Crippen LogP contribution >= 0.6 is 27.3 Å². The van der Waals surface area contributed by atoms with Crippen LogP contribution in [0.1, 0.15) is 27.6 Å². The Kier molecular flexibility index (Phi) is 5.58. The summed E-state index contributed by atoms with van der Waals surface area (Å²) < 4.78 is 5.62. The molecule has 9 heteroatoms. The van der Waals surface area contributed by atoms with E-state index in [1.807, 2.05) is 0 Å². The smallest absolute Gasteiger partial charge is 0.342 e. The zero-order chi connectivity index (χ0) is 17.9. The van der Waals surface area contributed by atoms with E-state index >= 15 is 0 Å². The monoisotopic (exact) mass is 412 g/mol. The predicted octanol–water partition coefficient (Wildman–Crippen LogP) is 2.50. The lowest BCUT2D eigenvalue weighted by Crippen LogP contribution is -2.30. The number of phenolic OH excluding ortho intramolecular Hbond substituents is 1. The first-order valence-electron chi connectivity index (χ1n) is 6.67. The van der Waals surface area contributed by atoms with Gasteiger partial charge in [-0.25, -0.2) is 4.79 Å². The van der Waals surface area contributed by atoms with E-state index in [9.17, 15) is 19.5 Å². The predicted molar refractivity (Wildman–Crippen MR) is 92.2 cm³/mol. The van der Waals surface area contributed by atoms with E-state index in [2.05, 4.69) is 21.2 Å². The van der Waals surface area contributed by atoms with Crippen LogP contribution in [0.15, 0.2) is 34.1 Å². The van der Waals surface area contributed by atoms with Crippen LogP contribution < -0.4 is 11.1 Å². The second-order valence-electron chi connectivity index (χ2n) is 4.73. The Morgan fingerprint density at radius 1 is 1.29 bits per heavy atom. The molecule has 0 fully saturated rings. The van der Waals surface area contributed by atoms with E-state index in [1.165, 1.54) is 25.1 Å². The van der Waals surface area contributed by atoms with Crippen LogP contribution in [0.2, 0.25) is 0 Å². The van der Waals surface area contributed by atoms with E-state index in [4.69, 9.17) is 10.5 Å². The lowest BCUT2D eigenvalue weighted by atomic mass is 10.2.